The van der Waals surface area contributed by atoms with Crippen LogP contribution in [0.4, 0.5) is 0 Å². The van der Waals surface area contributed by atoms with Crippen LogP contribution in [0.25, 0.3) is 0 Å². The van der Waals surface area contributed by atoms with Gasteiger partial charge in [0.15, 0.2) is 5.12 Å². The lowest BCUT2D eigenvalue weighted by Crippen LogP contribution is -2.30. The fourth-order valence-corrected chi connectivity index (χ4v) is 3.60. The summed E-state index contributed by atoms with van der Waals surface area (Å²) < 4.78 is 0. The van der Waals surface area contributed by atoms with Crippen molar-refractivity contribution < 1.29 is 9.59 Å². The van der Waals surface area contributed by atoms with Crippen LogP contribution in [-0.2, 0) is 9.59 Å². The third kappa shape index (κ3) is 4.80. The summed E-state index contributed by atoms with van der Waals surface area (Å²) >= 11 is 1.35. The molecule has 0 radical (unpaired) electrons. The van der Waals surface area contributed by atoms with Crippen molar-refractivity contribution in [1.82, 2.24) is 9.80 Å². The fourth-order valence-electron chi connectivity index (χ4n) is 2.91. The van der Waals surface area contributed by atoms with Crippen LogP contribution in [0.2, 0.25) is 0 Å². The van der Waals surface area contributed by atoms with Crippen molar-refractivity contribution in [3.05, 3.63) is 0 Å². The van der Waals surface area contributed by atoms with E-state index in [-0.39, 0.29) is 11.0 Å². The molecule has 2 aliphatic heterocycles. The maximum absolute atomic E-state index is 11.9. The molecule has 0 saturated carbocycles. The summed E-state index contributed by atoms with van der Waals surface area (Å²) in [4.78, 5) is 27.3. The summed E-state index contributed by atoms with van der Waals surface area (Å²) in [5, 5.41) is 0.153. The number of carbonyl (C=O) groups excluding carboxylic acids is 2. The molecule has 1 unspecified atom stereocenters. The normalized spacial score (nSPS) is 24.4. The molecule has 2 fully saturated rings. The summed E-state index contributed by atoms with van der Waals surface area (Å²) in [6.45, 7) is 6.90. The first-order valence-corrected chi connectivity index (χ1v) is 8.27. The molecule has 0 spiro atoms. The van der Waals surface area contributed by atoms with Crippen molar-refractivity contribution in [3.63, 3.8) is 0 Å². The van der Waals surface area contributed by atoms with Crippen LogP contribution in [0.15, 0.2) is 0 Å². The second kappa shape index (κ2) is 7.29. The average Bonchev–Trinajstić information content (AvgIpc) is 2.98. The number of nitrogens with zero attached hydrogens (tertiary/aromatic N) is 2. The molecule has 2 rings (SSSR count). The van der Waals surface area contributed by atoms with Crippen molar-refractivity contribution in [1.29, 1.82) is 0 Å². The molecule has 0 aromatic carbocycles. The van der Waals surface area contributed by atoms with E-state index in [1.54, 1.807) is 6.92 Å². The zero-order valence-electron chi connectivity index (χ0n) is 11.8. The van der Waals surface area contributed by atoms with E-state index in [0.29, 0.717) is 12.3 Å². The molecule has 2 heterocycles. The lowest BCUT2D eigenvalue weighted by molar-refractivity contribution is -0.127. The maximum Gasteiger partial charge on any atom is 0.222 e. The Bertz CT molecular complexity index is 329. The molecule has 19 heavy (non-hydrogen) atoms. The molecule has 1 atom stereocenters. The Labute approximate surface area is 119 Å². The molecule has 0 aromatic heterocycles. The number of amides is 1. The molecule has 2 aliphatic rings. The van der Waals surface area contributed by atoms with Gasteiger partial charge in [-0.3, -0.25) is 9.59 Å². The van der Waals surface area contributed by atoms with Crippen LogP contribution < -0.4 is 0 Å². The van der Waals surface area contributed by atoms with Gasteiger partial charge in [-0.05, 0) is 44.8 Å². The Morgan fingerprint density at radius 2 is 2.05 bits per heavy atom. The minimum atomic E-state index is 0.153. The monoisotopic (exact) mass is 284 g/mol. The predicted octanol–water partition coefficient (Wildman–Crippen LogP) is 1.60. The van der Waals surface area contributed by atoms with E-state index in [1.165, 1.54) is 37.7 Å². The van der Waals surface area contributed by atoms with Gasteiger partial charge in [0.2, 0.25) is 5.91 Å². The van der Waals surface area contributed by atoms with Crippen molar-refractivity contribution >= 4 is 22.8 Å². The van der Waals surface area contributed by atoms with Gasteiger partial charge in [-0.15, -0.1) is 0 Å². The lowest BCUT2D eigenvalue weighted by Gasteiger charge is -2.19. The van der Waals surface area contributed by atoms with E-state index in [9.17, 15) is 9.59 Å². The zero-order chi connectivity index (χ0) is 13.7. The summed E-state index contributed by atoms with van der Waals surface area (Å²) in [5.74, 6) is 1.44. The highest BCUT2D eigenvalue weighted by Crippen LogP contribution is 2.22. The third-order valence-corrected chi connectivity index (χ3v) is 4.96. The van der Waals surface area contributed by atoms with E-state index in [4.69, 9.17) is 0 Å². The highest BCUT2D eigenvalue weighted by Gasteiger charge is 2.29. The quantitative estimate of drug-likeness (QED) is 0.743. The van der Waals surface area contributed by atoms with E-state index >= 15 is 0 Å². The Hall–Kier alpha value is -0.550. The van der Waals surface area contributed by atoms with Crippen molar-refractivity contribution in [2.24, 2.45) is 5.92 Å². The largest absolute Gasteiger partial charge is 0.342 e. The van der Waals surface area contributed by atoms with E-state index in [0.717, 1.165) is 31.8 Å². The van der Waals surface area contributed by atoms with E-state index in [2.05, 4.69) is 4.90 Å². The Balaban J connectivity index is 1.63. The number of hydrogen-bond donors (Lipinski definition) is 0. The van der Waals surface area contributed by atoms with Gasteiger partial charge in [0.25, 0.3) is 0 Å². The Morgan fingerprint density at radius 3 is 2.74 bits per heavy atom. The molecule has 0 bridgehead atoms. The Morgan fingerprint density at radius 1 is 1.32 bits per heavy atom. The van der Waals surface area contributed by atoms with Gasteiger partial charge in [-0.2, -0.15) is 0 Å². The topological polar surface area (TPSA) is 40.6 Å². The molecule has 0 aromatic rings. The number of likely N-dealkylation sites (tertiary alicyclic amines) is 2. The molecule has 0 N–H and O–H groups in total. The number of hydrogen-bond acceptors (Lipinski definition) is 4. The smallest absolute Gasteiger partial charge is 0.222 e. The molecule has 108 valence electrons. The van der Waals surface area contributed by atoms with Gasteiger partial charge in [0, 0.05) is 32.2 Å². The van der Waals surface area contributed by atoms with Crippen LogP contribution in [0.3, 0.4) is 0 Å². The molecule has 2 saturated heterocycles. The summed E-state index contributed by atoms with van der Waals surface area (Å²) in [6, 6.07) is 0. The maximum atomic E-state index is 11.9. The second-order valence-corrected chi connectivity index (χ2v) is 6.81. The molecule has 4 nitrogen and oxygen atoms in total. The van der Waals surface area contributed by atoms with Crippen LogP contribution >= 0.6 is 11.8 Å². The average molecular weight is 284 g/mol. The summed E-state index contributed by atoms with van der Waals surface area (Å²) in [6.07, 6.45) is 4.36. The zero-order valence-corrected chi connectivity index (χ0v) is 12.6. The second-order valence-electron chi connectivity index (χ2n) is 5.61. The molecule has 0 aliphatic carbocycles. The first-order valence-electron chi connectivity index (χ1n) is 7.28. The van der Waals surface area contributed by atoms with Crippen molar-refractivity contribution in [2.45, 2.75) is 32.6 Å². The molecule has 1 amide bonds. The van der Waals surface area contributed by atoms with Crippen LogP contribution in [-0.4, -0.2) is 59.3 Å². The summed E-state index contributed by atoms with van der Waals surface area (Å²) in [7, 11) is 0. The minimum Gasteiger partial charge on any atom is -0.342 e. The first-order chi connectivity index (χ1) is 9.15. The number of carbonyl (C=O) groups is 2. The number of thioether (sulfide) groups is 1. The van der Waals surface area contributed by atoms with Crippen LogP contribution in [0, 0.1) is 5.92 Å². The molecular formula is C14H24N2O2S. The van der Waals surface area contributed by atoms with E-state index < -0.39 is 0 Å². The van der Waals surface area contributed by atoms with Gasteiger partial charge in [0.05, 0.1) is 0 Å². The van der Waals surface area contributed by atoms with Crippen LogP contribution in [0.5, 0.6) is 0 Å². The number of rotatable bonds is 6. The SMILES string of the molecule is CC(=O)SCC1CC(=O)N(CCCN2CCCC2)C1. The molecule has 5 heteroatoms. The van der Waals surface area contributed by atoms with E-state index in [1.807, 2.05) is 4.90 Å². The Kier molecular flexibility index (Phi) is 5.70. The predicted molar refractivity (Wildman–Crippen MR) is 78.1 cm³/mol. The fraction of sp³-hybridized carbons (Fsp3) is 0.857. The third-order valence-electron chi connectivity index (χ3n) is 3.92. The van der Waals surface area contributed by atoms with Gasteiger partial charge < -0.3 is 9.80 Å². The van der Waals surface area contributed by atoms with Crippen molar-refractivity contribution in [3.8, 4) is 0 Å². The first kappa shape index (κ1) is 14.9. The van der Waals surface area contributed by atoms with Gasteiger partial charge >= 0.3 is 0 Å². The van der Waals surface area contributed by atoms with Gasteiger partial charge in [0.1, 0.15) is 0 Å². The van der Waals surface area contributed by atoms with Crippen molar-refractivity contribution in [2.75, 3.05) is 38.5 Å². The van der Waals surface area contributed by atoms with Gasteiger partial charge in [-0.1, -0.05) is 11.8 Å². The van der Waals surface area contributed by atoms with Crippen LogP contribution in [0.1, 0.15) is 32.6 Å². The molecular weight excluding hydrogens is 260 g/mol. The highest BCUT2D eigenvalue weighted by molar-refractivity contribution is 8.13. The highest BCUT2D eigenvalue weighted by atomic mass is 32.2. The summed E-state index contributed by atoms with van der Waals surface area (Å²) in [5.41, 5.74) is 0. The minimum absolute atomic E-state index is 0.153. The lowest BCUT2D eigenvalue weighted by atomic mass is 10.1. The van der Waals surface area contributed by atoms with Gasteiger partial charge in [-0.25, -0.2) is 0 Å². The standard InChI is InChI=1S/C14H24N2O2S/c1-12(17)19-11-13-9-14(18)16(10-13)8-4-7-15-5-2-3-6-15/h13H,2-11H2,1H3.